The SMILES string of the molecule is c1ccc2c(c1)[Te]c1ccccc1[Te]2. The molecular formula is C12H8Te2. The molecule has 0 aliphatic carbocycles. The second kappa shape index (κ2) is 3.88. The van der Waals surface area contributed by atoms with Crippen molar-refractivity contribution in [3.8, 4) is 0 Å². The third-order valence-electron chi connectivity index (χ3n) is 2.14. The normalized spacial score (nSPS) is 13.1. The number of rotatable bonds is 0. The second-order valence-electron chi connectivity index (χ2n) is 3.10. The van der Waals surface area contributed by atoms with Crippen LogP contribution in [-0.4, -0.2) is 41.8 Å². The van der Waals surface area contributed by atoms with Crippen LogP contribution in [0.15, 0.2) is 48.5 Å². The Kier molecular flexibility index (Phi) is 2.57. The third-order valence-corrected chi connectivity index (χ3v) is 11.2. The maximum absolute atomic E-state index is 2.33. The average Bonchev–Trinajstić information content (AvgIpc) is 2.26. The Bertz CT molecular complexity index is 390. The fourth-order valence-electron chi connectivity index (χ4n) is 1.47. The summed E-state index contributed by atoms with van der Waals surface area (Å²) in [5.74, 6) is 0. The van der Waals surface area contributed by atoms with Crippen molar-refractivity contribution in [3.05, 3.63) is 48.5 Å². The van der Waals surface area contributed by atoms with Gasteiger partial charge in [0.15, 0.2) is 0 Å². The molecule has 2 aromatic rings. The molecule has 0 saturated heterocycles. The number of fused-ring (bicyclic) bond motifs is 2. The van der Waals surface area contributed by atoms with Crippen LogP contribution in [0.3, 0.4) is 0 Å². The summed E-state index contributed by atoms with van der Waals surface area (Å²) in [5, 5.41) is 0. The first-order valence-electron chi connectivity index (χ1n) is 4.47. The van der Waals surface area contributed by atoms with Gasteiger partial charge < -0.3 is 0 Å². The van der Waals surface area contributed by atoms with Crippen LogP contribution in [-0.2, 0) is 0 Å². The fraction of sp³-hybridized carbons (Fsp3) is 0. The van der Waals surface area contributed by atoms with Crippen LogP contribution >= 0.6 is 0 Å². The van der Waals surface area contributed by atoms with Crippen LogP contribution in [0, 0.1) is 0 Å². The predicted molar refractivity (Wildman–Crippen MR) is 62.9 cm³/mol. The number of benzene rings is 2. The van der Waals surface area contributed by atoms with Gasteiger partial charge in [-0.1, -0.05) is 0 Å². The van der Waals surface area contributed by atoms with E-state index in [9.17, 15) is 0 Å². The first-order chi connectivity index (χ1) is 6.93. The molecule has 0 N–H and O–H groups in total. The maximum atomic E-state index is 2.33. The monoisotopic (exact) mass is 412 g/mol. The molecule has 0 nitrogen and oxygen atoms in total. The van der Waals surface area contributed by atoms with Gasteiger partial charge in [-0.25, -0.2) is 0 Å². The zero-order valence-electron chi connectivity index (χ0n) is 7.44. The van der Waals surface area contributed by atoms with Crippen molar-refractivity contribution in [1.82, 2.24) is 0 Å². The Morgan fingerprint density at radius 3 is 1.07 bits per heavy atom. The van der Waals surface area contributed by atoms with Crippen molar-refractivity contribution in [3.63, 3.8) is 0 Å². The van der Waals surface area contributed by atoms with E-state index < -0.39 is 0 Å². The van der Waals surface area contributed by atoms with Gasteiger partial charge in [0, 0.05) is 0 Å². The van der Waals surface area contributed by atoms with Crippen LogP contribution in [0.4, 0.5) is 0 Å². The van der Waals surface area contributed by atoms with Gasteiger partial charge >= 0.3 is 105 Å². The van der Waals surface area contributed by atoms with Crippen molar-refractivity contribution in [1.29, 1.82) is 0 Å². The molecule has 0 saturated carbocycles. The van der Waals surface area contributed by atoms with Gasteiger partial charge in [-0.05, 0) is 0 Å². The van der Waals surface area contributed by atoms with E-state index in [4.69, 9.17) is 0 Å². The summed E-state index contributed by atoms with van der Waals surface area (Å²) in [6.07, 6.45) is 0. The Morgan fingerprint density at radius 2 is 0.786 bits per heavy atom. The molecule has 2 aromatic carbocycles. The van der Waals surface area contributed by atoms with Gasteiger partial charge in [0.1, 0.15) is 0 Å². The molecule has 68 valence electrons. The van der Waals surface area contributed by atoms with E-state index in [0.717, 1.165) is 0 Å². The molecule has 0 unspecified atom stereocenters. The van der Waals surface area contributed by atoms with Crippen molar-refractivity contribution in [2.45, 2.75) is 0 Å². The molecule has 0 aromatic heterocycles. The topological polar surface area (TPSA) is 0 Å². The zero-order chi connectivity index (χ0) is 9.38. The van der Waals surface area contributed by atoms with Gasteiger partial charge in [0.25, 0.3) is 0 Å². The second-order valence-corrected chi connectivity index (χ2v) is 9.28. The average molecular weight is 407 g/mol. The van der Waals surface area contributed by atoms with E-state index in [1.165, 1.54) is 0 Å². The molecule has 0 bridgehead atoms. The van der Waals surface area contributed by atoms with Gasteiger partial charge in [0.2, 0.25) is 0 Å². The summed E-state index contributed by atoms with van der Waals surface area (Å²) in [7, 11) is 0. The molecule has 0 spiro atoms. The summed E-state index contributed by atoms with van der Waals surface area (Å²) < 4.78 is 6.72. The molecule has 1 aliphatic rings. The Labute approximate surface area is 104 Å². The van der Waals surface area contributed by atoms with Crippen molar-refractivity contribution < 1.29 is 0 Å². The van der Waals surface area contributed by atoms with Crippen LogP contribution < -0.4 is 14.4 Å². The van der Waals surface area contributed by atoms with E-state index in [1.54, 1.807) is 14.4 Å². The Balaban J connectivity index is 2.12. The van der Waals surface area contributed by atoms with E-state index in [0.29, 0.717) is 0 Å². The summed E-state index contributed by atoms with van der Waals surface area (Å²) in [5.41, 5.74) is 0. The molecule has 0 fully saturated rings. The van der Waals surface area contributed by atoms with Crippen LogP contribution in [0.25, 0.3) is 0 Å². The van der Waals surface area contributed by atoms with Crippen LogP contribution in [0.1, 0.15) is 0 Å². The van der Waals surface area contributed by atoms with Crippen LogP contribution in [0.5, 0.6) is 0 Å². The molecule has 3 rings (SSSR count). The molecule has 0 radical (unpaired) electrons. The molecule has 0 amide bonds. The molecule has 14 heavy (non-hydrogen) atoms. The van der Waals surface area contributed by atoms with Crippen molar-refractivity contribution in [2.75, 3.05) is 0 Å². The first kappa shape index (κ1) is 9.26. The van der Waals surface area contributed by atoms with Gasteiger partial charge in [-0.15, -0.1) is 0 Å². The Hall–Kier alpha value is 0.0192. The van der Waals surface area contributed by atoms with Crippen molar-refractivity contribution >= 4 is 56.3 Å². The zero-order valence-corrected chi connectivity index (χ0v) is 12.1. The van der Waals surface area contributed by atoms with E-state index in [1.807, 2.05) is 0 Å². The predicted octanol–water partition coefficient (Wildman–Crippen LogP) is -0.690. The number of hydrogen-bond donors (Lipinski definition) is 0. The summed E-state index contributed by atoms with van der Waals surface area (Å²) >= 11 is -0.158. The van der Waals surface area contributed by atoms with Gasteiger partial charge in [0.05, 0.1) is 0 Å². The molecular weight excluding hydrogens is 399 g/mol. The van der Waals surface area contributed by atoms with E-state index >= 15 is 0 Å². The van der Waals surface area contributed by atoms with Gasteiger partial charge in [-0.3, -0.25) is 0 Å². The minimum absolute atomic E-state index is 0.0792. The van der Waals surface area contributed by atoms with Crippen molar-refractivity contribution in [2.24, 2.45) is 0 Å². The molecule has 2 heteroatoms. The summed E-state index contributed by atoms with van der Waals surface area (Å²) in [6, 6.07) is 18.1. The minimum atomic E-state index is -0.0792. The quantitative estimate of drug-likeness (QED) is 0.433. The summed E-state index contributed by atoms with van der Waals surface area (Å²) in [4.78, 5) is 0. The third kappa shape index (κ3) is 1.62. The molecule has 1 heterocycles. The summed E-state index contributed by atoms with van der Waals surface area (Å²) in [6.45, 7) is 0. The van der Waals surface area contributed by atoms with E-state index in [2.05, 4.69) is 48.5 Å². The fourth-order valence-corrected chi connectivity index (χ4v) is 9.62. The molecule has 0 atom stereocenters. The van der Waals surface area contributed by atoms with Crippen LogP contribution in [0.2, 0.25) is 0 Å². The first-order valence-corrected chi connectivity index (χ1v) is 9.13. The van der Waals surface area contributed by atoms with E-state index in [-0.39, 0.29) is 41.8 Å². The molecule has 1 aliphatic heterocycles. The number of hydrogen-bond acceptors (Lipinski definition) is 0. The standard InChI is InChI=1S/C12H8Te2/c1-2-6-10-9(5-1)13-11-7-3-4-8-12(11)14-10/h1-8H. The van der Waals surface area contributed by atoms with Gasteiger partial charge in [-0.2, -0.15) is 0 Å². The Morgan fingerprint density at radius 1 is 0.500 bits per heavy atom.